The van der Waals surface area contributed by atoms with Gasteiger partial charge in [-0.05, 0) is 36.9 Å². The molecule has 2 heterocycles. The number of hydrogen-bond donors (Lipinski definition) is 0. The molecule has 1 fully saturated rings. The second-order valence-electron chi connectivity index (χ2n) is 7.73. The number of amides is 2. The van der Waals surface area contributed by atoms with E-state index in [4.69, 9.17) is 14.2 Å². The molecule has 2 aliphatic heterocycles. The maximum Gasteiger partial charge on any atom is 0.282 e. The number of anilines is 1. The van der Waals surface area contributed by atoms with Crippen LogP contribution in [0.4, 0.5) is 5.69 Å². The number of rotatable bonds is 6. The fourth-order valence-electron chi connectivity index (χ4n) is 4.06. The van der Waals surface area contributed by atoms with Crippen LogP contribution in [-0.4, -0.2) is 76.2 Å². The van der Waals surface area contributed by atoms with Crippen molar-refractivity contribution in [3.05, 3.63) is 53.7 Å². The van der Waals surface area contributed by atoms with Gasteiger partial charge in [0.15, 0.2) is 11.5 Å². The first-order valence-electron chi connectivity index (χ1n) is 10.4. The van der Waals surface area contributed by atoms with Crippen LogP contribution < -0.4 is 19.1 Å². The largest absolute Gasteiger partial charge is 0.497 e. The average Bonchev–Trinajstić information content (AvgIpc) is 3.09. The Kier molecular flexibility index (Phi) is 6.05. The zero-order valence-corrected chi connectivity index (χ0v) is 18.8. The second-order valence-corrected chi connectivity index (χ2v) is 7.73. The highest BCUT2D eigenvalue weighted by atomic mass is 16.5. The summed E-state index contributed by atoms with van der Waals surface area (Å²) in [5.41, 5.74) is 1.95. The van der Waals surface area contributed by atoms with E-state index in [1.165, 1.54) is 12.0 Å². The van der Waals surface area contributed by atoms with Crippen LogP contribution in [0.3, 0.4) is 0 Å². The molecule has 0 saturated carbocycles. The van der Waals surface area contributed by atoms with Gasteiger partial charge >= 0.3 is 0 Å². The summed E-state index contributed by atoms with van der Waals surface area (Å²) in [5.74, 6) is 0.963. The predicted octanol–water partition coefficient (Wildman–Crippen LogP) is 2.24. The summed E-state index contributed by atoms with van der Waals surface area (Å²) in [7, 11) is 6.70. The van der Waals surface area contributed by atoms with Crippen molar-refractivity contribution in [2.45, 2.75) is 0 Å². The first-order valence-corrected chi connectivity index (χ1v) is 10.4. The monoisotopic (exact) mass is 437 g/mol. The molecule has 0 aromatic heterocycles. The molecule has 0 N–H and O–H groups in total. The molecule has 1 saturated heterocycles. The summed E-state index contributed by atoms with van der Waals surface area (Å²) in [4.78, 5) is 32.7. The number of piperazine rings is 1. The molecule has 32 heavy (non-hydrogen) atoms. The van der Waals surface area contributed by atoms with Crippen molar-refractivity contribution in [1.29, 1.82) is 0 Å². The Bertz CT molecular complexity index is 1060. The van der Waals surface area contributed by atoms with Crippen molar-refractivity contribution in [1.82, 2.24) is 9.80 Å². The van der Waals surface area contributed by atoms with Crippen LogP contribution in [-0.2, 0) is 9.59 Å². The Morgan fingerprint density at radius 2 is 1.41 bits per heavy atom. The minimum Gasteiger partial charge on any atom is -0.497 e. The molecule has 2 amide bonds. The van der Waals surface area contributed by atoms with Crippen LogP contribution in [0.15, 0.2) is 48.2 Å². The molecule has 2 aromatic carbocycles. The lowest BCUT2D eigenvalue weighted by molar-refractivity contribution is -0.120. The fraction of sp³-hybridized carbons (Fsp3) is 0.333. The van der Waals surface area contributed by atoms with Gasteiger partial charge in [-0.2, -0.15) is 0 Å². The van der Waals surface area contributed by atoms with Gasteiger partial charge in [0.05, 0.1) is 32.6 Å². The molecule has 168 valence electrons. The van der Waals surface area contributed by atoms with E-state index in [9.17, 15) is 9.59 Å². The number of hydrogen-bond acceptors (Lipinski definition) is 7. The van der Waals surface area contributed by atoms with Gasteiger partial charge in [-0.1, -0.05) is 12.1 Å². The van der Waals surface area contributed by atoms with E-state index in [0.717, 1.165) is 13.1 Å². The zero-order chi connectivity index (χ0) is 22.8. The third-order valence-corrected chi connectivity index (χ3v) is 5.88. The topological polar surface area (TPSA) is 71.6 Å². The summed E-state index contributed by atoms with van der Waals surface area (Å²) in [5, 5.41) is 0. The number of benzene rings is 2. The normalized spacial score (nSPS) is 17.2. The summed E-state index contributed by atoms with van der Waals surface area (Å²) in [6.07, 6.45) is 0. The van der Waals surface area contributed by atoms with Crippen molar-refractivity contribution in [2.24, 2.45) is 0 Å². The third-order valence-electron chi connectivity index (χ3n) is 5.88. The van der Waals surface area contributed by atoms with Crippen LogP contribution in [0.2, 0.25) is 0 Å². The highest BCUT2D eigenvalue weighted by Crippen LogP contribution is 2.38. The van der Waals surface area contributed by atoms with Crippen LogP contribution in [0, 0.1) is 0 Å². The molecule has 0 bridgehead atoms. The summed E-state index contributed by atoms with van der Waals surface area (Å²) in [6.45, 7) is 2.98. The number of likely N-dealkylation sites (N-methyl/N-ethyl adjacent to an activating group) is 1. The van der Waals surface area contributed by atoms with Crippen LogP contribution in [0.25, 0.3) is 5.57 Å². The first-order chi connectivity index (χ1) is 15.5. The minimum absolute atomic E-state index is 0.336. The highest BCUT2D eigenvalue weighted by Gasteiger charge is 2.43. The maximum atomic E-state index is 13.7. The maximum absolute atomic E-state index is 13.7. The van der Waals surface area contributed by atoms with Gasteiger partial charge < -0.3 is 24.0 Å². The van der Waals surface area contributed by atoms with Crippen molar-refractivity contribution < 1.29 is 23.8 Å². The predicted molar refractivity (Wildman–Crippen MR) is 121 cm³/mol. The SMILES string of the molecule is COc1ccc(C2=C(N3CCN(C)CC3)C(=O)N(c3ccc(OC)c(OC)c3)C2=O)cc1. The van der Waals surface area contributed by atoms with E-state index in [-0.39, 0.29) is 11.8 Å². The fourth-order valence-corrected chi connectivity index (χ4v) is 4.06. The molecule has 0 unspecified atom stereocenters. The molecular formula is C24H27N3O5. The number of ether oxygens (including phenoxy) is 3. The molecular weight excluding hydrogens is 410 g/mol. The molecule has 4 rings (SSSR count). The lowest BCUT2D eigenvalue weighted by Gasteiger charge is -2.34. The van der Waals surface area contributed by atoms with E-state index in [0.29, 0.717) is 52.9 Å². The zero-order valence-electron chi connectivity index (χ0n) is 18.8. The Labute approximate surface area is 187 Å². The summed E-state index contributed by atoms with van der Waals surface area (Å²) < 4.78 is 15.9. The molecule has 0 spiro atoms. The quantitative estimate of drug-likeness (QED) is 0.642. The number of carbonyl (C=O) groups is 2. The summed E-state index contributed by atoms with van der Waals surface area (Å²) >= 11 is 0. The number of imide groups is 1. The van der Waals surface area contributed by atoms with Gasteiger partial charge in [0, 0.05) is 32.2 Å². The molecule has 2 aromatic rings. The Hall–Kier alpha value is -3.52. The molecule has 0 atom stereocenters. The third kappa shape index (κ3) is 3.78. The van der Waals surface area contributed by atoms with Crippen molar-refractivity contribution in [2.75, 3.05) is 59.5 Å². The Balaban J connectivity index is 1.79. The first kappa shape index (κ1) is 21.7. The molecule has 0 radical (unpaired) electrons. The van der Waals surface area contributed by atoms with Gasteiger partial charge in [-0.15, -0.1) is 0 Å². The van der Waals surface area contributed by atoms with E-state index < -0.39 is 0 Å². The molecule has 8 heteroatoms. The van der Waals surface area contributed by atoms with Gasteiger partial charge in [0.25, 0.3) is 11.8 Å². The van der Waals surface area contributed by atoms with Gasteiger partial charge in [-0.25, -0.2) is 4.90 Å². The molecule has 0 aliphatic carbocycles. The van der Waals surface area contributed by atoms with Gasteiger partial charge in [0.2, 0.25) is 0 Å². The number of carbonyl (C=O) groups excluding carboxylic acids is 2. The van der Waals surface area contributed by atoms with Gasteiger partial charge in [-0.3, -0.25) is 9.59 Å². The van der Waals surface area contributed by atoms with Crippen molar-refractivity contribution in [3.8, 4) is 17.2 Å². The highest BCUT2D eigenvalue weighted by molar-refractivity contribution is 6.45. The van der Waals surface area contributed by atoms with E-state index >= 15 is 0 Å². The van der Waals surface area contributed by atoms with Crippen LogP contribution in [0.1, 0.15) is 5.56 Å². The van der Waals surface area contributed by atoms with E-state index in [2.05, 4.69) is 4.90 Å². The lowest BCUT2D eigenvalue weighted by atomic mass is 10.0. The number of nitrogens with zero attached hydrogens (tertiary/aromatic N) is 3. The van der Waals surface area contributed by atoms with Crippen LogP contribution >= 0.6 is 0 Å². The Morgan fingerprint density at radius 3 is 2.00 bits per heavy atom. The standard InChI is InChI=1S/C24H27N3O5/c1-25-11-13-26(14-12-25)22-21(16-5-8-18(30-2)9-6-16)23(28)27(24(22)29)17-7-10-19(31-3)20(15-17)32-4/h5-10,15H,11-14H2,1-4H3. The molecule has 8 nitrogen and oxygen atoms in total. The van der Waals surface area contributed by atoms with Crippen LogP contribution in [0.5, 0.6) is 17.2 Å². The van der Waals surface area contributed by atoms with E-state index in [1.54, 1.807) is 44.6 Å². The lowest BCUT2D eigenvalue weighted by Crippen LogP contribution is -2.46. The minimum atomic E-state index is -0.360. The molecule has 2 aliphatic rings. The van der Waals surface area contributed by atoms with E-state index in [1.807, 2.05) is 24.1 Å². The second kappa shape index (κ2) is 8.92. The Morgan fingerprint density at radius 1 is 0.750 bits per heavy atom. The van der Waals surface area contributed by atoms with Crippen molar-refractivity contribution in [3.63, 3.8) is 0 Å². The average molecular weight is 437 g/mol. The smallest absolute Gasteiger partial charge is 0.282 e. The number of methoxy groups -OCH3 is 3. The van der Waals surface area contributed by atoms with Gasteiger partial charge in [0.1, 0.15) is 11.4 Å². The van der Waals surface area contributed by atoms with Crippen molar-refractivity contribution >= 4 is 23.1 Å². The summed E-state index contributed by atoms with van der Waals surface area (Å²) in [6, 6.07) is 12.2.